The van der Waals surface area contributed by atoms with Gasteiger partial charge < -0.3 is 24.8 Å². The summed E-state index contributed by atoms with van der Waals surface area (Å²) in [6, 6.07) is 14.1. The quantitative estimate of drug-likeness (QED) is 0.452. The number of benzene rings is 2. The fraction of sp³-hybridized carbons (Fsp3) is 0.417. The molecule has 0 bridgehead atoms. The van der Waals surface area contributed by atoms with Crippen LogP contribution in [-0.2, 0) is 35.2 Å². The Kier molecular flexibility index (Phi) is 7.82. The normalized spacial score (nSPS) is 16.2. The van der Waals surface area contributed by atoms with Gasteiger partial charge in [-0.25, -0.2) is 0 Å². The maximum Gasteiger partial charge on any atom is -1.00 e. The van der Waals surface area contributed by atoms with Crippen LogP contribution in [0.2, 0.25) is 0 Å². The molecule has 0 radical (unpaired) electrons. The van der Waals surface area contributed by atoms with Crippen LogP contribution in [0.25, 0.3) is 17.2 Å². The van der Waals surface area contributed by atoms with Crippen LogP contribution in [0.5, 0.6) is 0 Å². The first kappa shape index (κ1) is 24.7. The van der Waals surface area contributed by atoms with E-state index < -0.39 is 0 Å². The molecular weight excluding hydrogens is 538 g/mol. The standard InChI is InChI=1S/C24H29.2ClH.Hf/c1-16-11-17-9-8-10-21(22(17)12-16)18-13-19(23(2,3)4)15-20(14-18)24(5,6)7;;;/h8-15H,1-7H3;2*1H;/q;;;+2/p-2. The molecule has 0 N–H and O–H groups in total. The Labute approximate surface area is 192 Å². The molecule has 27 heavy (non-hydrogen) atoms. The van der Waals surface area contributed by atoms with Crippen LogP contribution in [0.15, 0.2) is 42.0 Å². The first-order valence-electron chi connectivity index (χ1n) is 9.17. The van der Waals surface area contributed by atoms with Crippen molar-refractivity contribution in [3.05, 3.63) is 64.2 Å². The zero-order valence-electron chi connectivity index (χ0n) is 17.4. The monoisotopic (exact) mass is 567 g/mol. The van der Waals surface area contributed by atoms with E-state index in [1.165, 1.54) is 63.3 Å². The van der Waals surface area contributed by atoms with Crippen molar-refractivity contribution in [2.24, 2.45) is 0 Å². The molecule has 0 spiro atoms. The van der Waals surface area contributed by atoms with Crippen molar-refractivity contribution in [3.63, 3.8) is 0 Å². The van der Waals surface area contributed by atoms with Crippen LogP contribution in [-0.4, -0.2) is 0 Å². The van der Waals surface area contributed by atoms with Crippen molar-refractivity contribution in [1.82, 2.24) is 0 Å². The molecule has 143 valence electrons. The fourth-order valence-corrected chi connectivity index (χ4v) is 4.66. The summed E-state index contributed by atoms with van der Waals surface area (Å²) in [5.41, 5.74) is 10.4. The summed E-state index contributed by atoms with van der Waals surface area (Å²) in [6.07, 6.45) is 2.42. The summed E-state index contributed by atoms with van der Waals surface area (Å²) in [7, 11) is 0. The molecule has 1 aliphatic carbocycles. The van der Waals surface area contributed by atoms with Crippen molar-refractivity contribution in [1.29, 1.82) is 0 Å². The van der Waals surface area contributed by atoms with Gasteiger partial charge in [-0.3, -0.25) is 0 Å². The number of allylic oxidation sites excluding steroid dienone is 1. The van der Waals surface area contributed by atoms with E-state index in [-0.39, 0.29) is 35.6 Å². The molecule has 0 aliphatic heterocycles. The molecule has 0 saturated heterocycles. The topological polar surface area (TPSA) is 0 Å². The fourth-order valence-electron chi connectivity index (χ4n) is 3.45. The van der Waals surface area contributed by atoms with E-state index in [0.717, 1.165) is 0 Å². The Bertz CT molecular complexity index is 819. The number of hydrogen-bond acceptors (Lipinski definition) is 0. The molecule has 0 nitrogen and oxygen atoms in total. The molecule has 2 aromatic rings. The Morgan fingerprint density at radius 1 is 0.815 bits per heavy atom. The van der Waals surface area contributed by atoms with Crippen LogP contribution in [0, 0.1) is 0 Å². The van der Waals surface area contributed by atoms with E-state index in [1.807, 2.05) is 0 Å². The van der Waals surface area contributed by atoms with Gasteiger partial charge in [-0.1, -0.05) is 0 Å². The molecule has 3 heteroatoms. The van der Waals surface area contributed by atoms with Crippen LogP contribution in [0.4, 0.5) is 0 Å². The maximum absolute atomic E-state index is 2.42. The van der Waals surface area contributed by atoms with E-state index in [2.05, 4.69) is 90.9 Å². The second kappa shape index (κ2) is 8.56. The zero-order chi connectivity index (χ0) is 18.6. The minimum atomic E-state index is 0. The molecule has 0 saturated carbocycles. The van der Waals surface area contributed by atoms with E-state index >= 15 is 0 Å². The van der Waals surface area contributed by atoms with Gasteiger partial charge in [-0.2, -0.15) is 0 Å². The molecule has 0 aromatic heterocycles. The smallest absolute Gasteiger partial charge is 1.00 e. The average Bonchev–Trinajstić information content (AvgIpc) is 2.80. The van der Waals surface area contributed by atoms with Gasteiger partial charge in [0.15, 0.2) is 0 Å². The number of rotatable bonds is 1. The molecule has 3 rings (SSSR count). The van der Waals surface area contributed by atoms with Crippen LogP contribution in [0.1, 0.15) is 74.4 Å². The third-order valence-electron chi connectivity index (χ3n) is 5.25. The van der Waals surface area contributed by atoms with Crippen molar-refractivity contribution in [3.8, 4) is 11.1 Å². The number of halogens is 2. The van der Waals surface area contributed by atoms with Gasteiger partial charge in [0.25, 0.3) is 0 Å². The van der Waals surface area contributed by atoms with Crippen LogP contribution in [0.3, 0.4) is 0 Å². The van der Waals surface area contributed by atoms with E-state index in [0.29, 0.717) is 3.67 Å². The van der Waals surface area contributed by atoms with E-state index in [4.69, 9.17) is 0 Å². The summed E-state index contributed by atoms with van der Waals surface area (Å²) in [6.45, 7) is 16.2. The summed E-state index contributed by atoms with van der Waals surface area (Å²) in [4.78, 5) is 0. The minimum Gasteiger partial charge on any atom is -1.00 e. The van der Waals surface area contributed by atoms with Gasteiger partial charge >= 0.3 is 169 Å². The van der Waals surface area contributed by atoms with Crippen molar-refractivity contribution in [2.45, 2.75) is 63.0 Å². The van der Waals surface area contributed by atoms with Crippen molar-refractivity contribution < 1.29 is 49.2 Å². The van der Waals surface area contributed by atoms with E-state index in [9.17, 15) is 0 Å². The Hall–Kier alpha value is -0.370. The maximum atomic E-state index is 2.42. The molecule has 1 atom stereocenters. The van der Waals surface area contributed by atoms with E-state index in [1.54, 1.807) is 0 Å². The predicted octanol–water partition coefficient (Wildman–Crippen LogP) is 0.961. The first-order valence-corrected chi connectivity index (χ1v) is 11.2. The number of fused-ring (bicyclic) bond motifs is 1. The van der Waals surface area contributed by atoms with Gasteiger partial charge in [0, 0.05) is 0 Å². The molecule has 0 fully saturated rings. The third kappa shape index (κ3) is 4.98. The van der Waals surface area contributed by atoms with Crippen molar-refractivity contribution >= 4 is 6.08 Å². The van der Waals surface area contributed by atoms with Crippen LogP contribution < -0.4 is 24.8 Å². The molecule has 0 amide bonds. The van der Waals surface area contributed by atoms with Crippen LogP contribution >= 0.6 is 0 Å². The van der Waals surface area contributed by atoms with Gasteiger partial charge in [-0.15, -0.1) is 0 Å². The SMILES string of the molecule is CC1=Cc2c(-c3cc(C(C)(C)C)cc(C(C)(C)C)c3)cccc2[CH]1[Hf+2].[Cl-].[Cl-]. The summed E-state index contributed by atoms with van der Waals surface area (Å²) in [5, 5.41) is 0. The number of hydrogen-bond donors (Lipinski definition) is 0. The van der Waals surface area contributed by atoms with Gasteiger partial charge in [0.2, 0.25) is 0 Å². The molecule has 1 unspecified atom stereocenters. The summed E-state index contributed by atoms with van der Waals surface area (Å²) >= 11 is 1.19. The summed E-state index contributed by atoms with van der Waals surface area (Å²) in [5.74, 6) is 0. The second-order valence-electron chi connectivity index (χ2n) is 9.43. The average molecular weight is 567 g/mol. The third-order valence-corrected chi connectivity index (χ3v) is 8.01. The molecule has 1 aliphatic rings. The largest absolute Gasteiger partial charge is 1.00 e. The Morgan fingerprint density at radius 3 is 1.81 bits per heavy atom. The Balaban J connectivity index is 0.00000182. The zero-order valence-corrected chi connectivity index (χ0v) is 22.5. The first-order chi connectivity index (χ1) is 11.5. The molecular formula is C24H29Cl2Hf. The van der Waals surface area contributed by atoms with Gasteiger partial charge in [0.05, 0.1) is 0 Å². The minimum absolute atomic E-state index is 0. The van der Waals surface area contributed by atoms with Gasteiger partial charge in [-0.05, 0) is 0 Å². The molecule has 0 heterocycles. The van der Waals surface area contributed by atoms with Crippen molar-refractivity contribution in [2.75, 3.05) is 0 Å². The Morgan fingerprint density at radius 2 is 1.33 bits per heavy atom. The van der Waals surface area contributed by atoms with Gasteiger partial charge in [0.1, 0.15) is 0 Å². The predicted molar refractivity (Wildman–Crippen MR) is 106 cm³/mol. The molecule has 2 aromatic carbocycles. The second-order valence-corrected chi connectivity index (χ2v) is 11.5. The summed E-state index contributed by atoms with van der Waals surface area (Å²) < 4.78 is 0.669.